The third kappa shape index (κ3) is 3.88. The first-order chi connectivity index (χ1) is 11.3. The predicted octanol–water partition coefficient (Wildman–Crippen LogP) is 2.90. The van der Waals surface area contributed by atoms with Crippen molar-refractivity contribution in [1.82, 2.24) is 19.7 Å². The van der Waals surface area contributed by atoms with Crippen LogP contribution in [0.5, 0.6) is 0 Å². The van der Waals surface area contributed by atoms with Gasteiger partial charge in [-0.25, -0.2) is 9.97 Å². The number of ether oxygens (including phenoxy) is 1. The van der Waals surface area contributed by atoms with Crippen LogP contribution in [0.2, 0.25) is 0 Å². The van der Waals surface area contributed by atoms with E-state index in [0.717, 1.165) is 56.1 Å². The van der Waals surface area contributed by atoms with Crippen molar-refractivity contribution < 1.29 is 4.74 Å². The van der Waals surface area contributed by atoms with Crippen LogP contribution in [0.4, 0.5) is 5.95 Å². The Bertz CT molecular complexity index is 634. The van der Waals surface area contributed by atoms with Crippen molar-refractivity contribution in [3.8, 4) is 11.3 Å². The fraction of sp³-hybridized carbons (Fsp3) is 0.588. The first-order valence-electron chi connectivity index (χ1n) is 8.45. The molecule has 23 heavy (non-hydrogen) atoms. The summed E-state index contributed by atoms with van der Waals surface area (Å²) in [6.07, 6.45) is 7.12. The van der Waals surface area contributed by atoms with Gasteiger partial charge in [-0.15, -0.1) is 0 Å². The highest BCUT2D eigenvalue weighted by molar-refractivity contribution is 5.61. The molecule has 0 spiro atoms. The minimum Gasteiger partial charge on any atom is -0.381 e. The summed E-state index contributed by atoms with van der Waals surface area (Å²) in [7, 11) is 0. The third-order valence-electron chi connectivity index (χ3n) is 4.27. The van der Waals surface area contributed by atoms with E-state index in [-0.39, 0.29) is 0 Å². The molecule has 1 saturated heterocycles. The van der Waals surface area contributed by atoms with Crippen LogP contribution < -0.4 is 5.32 Å². The van der Waals surface area contributed by atoms with Gasteiger partial charge in [0.2, 0.25) is 5.95 Å². The molecule has 0 bridgehead atoms. The summed E-state index contributed by atoms with van der Waals surface area (Å²) < 4.78 is 7.54. The van der Waals surface area contributed by atoms with Crippen LogP contribution in [0, 0.1) is 12.8 Å². The standard InChI is InChI=1S/C17H25N5O/c1-3-8-22-13(2)15(11-20-22)16-6-7-18-17(21-16)19-10-14-5-4-9-23-12-14/h6-7,11,14H,3-5,8-10,12H2,1-2H3,(H,18,19,21). The van der Waals surface area contributed by atoms with Crippen molar-refractivity contribution in [3.63, 3.8) is 0 Å². The fourth-order valence-corrected chi connectivity index (χ4v) is 2.93. The lowest BCUT2D eigenvalue weighted by Crippen LogP contribution is -2.24. The van der Waals surface area contributed by atoms with E-state index in [0.29, 0.717) is 11.9 Å². The topological polar surface area (TPSA) is 64.9 Å². The van der Waals surface area contributed by atoms with Crippen LogP contribution in [0.1, 0.15) is 31.9 Å². The van der Waals surface area contributed by atoms with Gasteiger partial charge in [-0.3, -0.25) is 4.68 Å². The zero-order valence-electron chi connectivity index (χ0n) is 14.0. The molecule has 1 aliphatic rings. The molecule has 0 amide bonds. The predicted molar refractivity (Wildman–Crippen MR) is 90.3 cm³/mol. The molecule has 6 nitrogen and oxygen atoms in total. The quantitative estimate of drug-likeness (QED) is 0.888. The van der Waals surface area contributed by atoms with Crippen LogP contribution in [0.3, 0.4) is 0 Å². The van der Waals surface area contributed by atoms with Crippen LogP contribution >= 0.6 is 0 Å². The molecule has 6 heteroatoms. The highest BCUT2D eigenvalue weighted by Gasteiger charge is 2.15. The summed E-state index contributed by atoms with van der Waals surface area (Å²) in [6.45, 7) is 7.76. The highest BCUT2D eigenvalue weighted by atomic mass is 16.5. The molecule has 1 atom stereocenters. The molecule has 1 aliphatic heterocycles. The lowest BCUT2D eigenvalue weighted by molar-refractivity contribution is 0.0594. The number of nitrogens with one attached hydrogen (secondary N) is 1. The largest absolute Gasteiger partial charge is 0.381 e. The second-order valence-corrected chi connectivity index (χ2v) is 6.10. The fourth-order valence-electron chi connectivity index (χ4n) is 2.93. The Hall–Kier alpha value is -1.95. The average molecular weight is 315 g/mol. The van der Waals surface area contributed by atoms with E-state index in [4.69, 9.17) is 4.74 Å². The molecule has 1 fully saturated rings. The van der Waals surface area contributed by atoms with Crippen LogP contribution in [-0.2, 0) is 11.3 Å². The SMILES string of the molecule is CCCn1ncc(-c2ccnc(NCC3CCCOC3)n2)c1C. The number of hydrogen-bond donors (Lipinski definition) is 1. The zero-order valence-corrected chi connectivity index (χ0v) is 14.0. The maximum absolute atomic E-state index is 5.51. The zero-order chi connectivity index (χ0) is 16.1. The molecule has 3 rings (SSSR count). The van der Waals surface area contributed by atoms with Gasteiger partial charge in [0.15, 0.2) is 0 Å². The van der Waals surface area contributed by atoms with Gasteiger partial charge < -0.3 is 10.1 Å². The van der Waals surface area contributed by atoms with Crippen LogP contribution in [-0.4, -0.2) is 39.5 Å². The molecule has 1 unspecified atom stereocenters. The first-order valence-corrected chi connectivity index (χ1v) is 8.45. The van der Waals surface area contributed by atoms with Gasteiger partial charge in [-0.05, 0) is 38.2 Å². The maximum atomic E-state index is 5.51. The smallest absolute Gasteiger partial charge is 0.223 e. The van der Waals surface area contributed by atoms with E-state index in [1.54, 1.807) is 6.20 Å². The number of aryl methyl sites for hydroxylation is 1. The van der Waals surface area contributed by atoms with Crippen molar-refractivity contribution in [2.45, 2.75) is 39.7 Å². The van der Waals surface area contributed by atoms with Gasteiger partial charge >= 0.3 is 0 Å². The minimum absolute atomic E-state index is 0.546. The van der Waals surface area contributed by atoms with Crippen LogP contribution in [0.15, 0.2) is 18.5 Å². The molecule has 0 aromatic carbocycles. The molecule has 0 saturated carbocycles. The molecule has 2 aromatic rings. The molecular weight excluding hydrogens is 290 g/mol. The lowest BCUT2D eigenvalue weighted by atomic mass is 10.0. The van der Waals surface area contributed by atoms with E-state index in [2.05, 4.69) is 34.2 Å². The summed E-state index contributed by atoms with van der Waals surface area (Å²) in [6, 6.07) is 1.94. The number of anilines is 1. The Morgan fingerprint density at radius 3 is 3.13 bits per heavy atom. The Labute approximate surface area is 137 Å². The van der Waals surface area contributed by atoms with Crippen molar-refractivity contribution in [2.24, 2.45) is 5.92 Å². The monoisotopic (exact) mass is 315 g/mol. The molecule has 0 radical (unpaired) electrons. The van der Waals surface area contributed by atoms with Crippen LogP contribution in [0.25, 0.3) is 11.3 Å². The Balaban J connectivity index is 1.69. The first kappa shape index (κ1) is 15.9. The van der Waals surface area contributed by atoms with E-state index in [1.807, 2.05) is 16.9 Å². The highest BCUT2D eigenvalue weighted by Crippen LogP contribution is 2.22. The van der Waals surface area contributed by atoms with E-state index in [1.165, 1.54) is 6.42 Å². The summed E-state index contributed by atoms with van der Waals surface area (Å²) >= 11 is 0. The van der Waals surface area contributed by atoms with Crippen molar-refractivity contribution in [3.05, 3.63) is 24.2 Å². The molecular formula is C17H25N5O. The molecule has 0 aliphatic carbocycles. The molecule has 2 aromatic heterocycles. The third-order valence-corrected chi connectivity index (χ3v) is 4.27. The normalized spacial score (nSPS) is 18.1. The molecule has 1 N–H and O–H groups in total. The number of aromatic nitrogens is 4. The second kappa shape index (κ2) is 7.55. The lowest BCUT2D eigenvalue weighted by Gasteiger charge is -2.22. The Morgan fingerprint density at radius 2 is 2.35 bits per heavy atom. The van der Waals surface area contributed by atoms with Gasteiger partial charge in [-0.2, -0.15) is 5.10 Å². The minimum atomic E-state index is 0.546. The van der Waals surface area contributed by atoms with Gasteiger partial charge in [-0.1, -0.05) is 6.92 Å². The van der Waals surface area contributed by atoms with Gasteiger partial charge in [0.05, 0.1) is 18.5 Å². The van der Waals surface area contributed by atoms with Crippen molar-refractivity contribution >= 4 is 5.95 Å². The summed E-state index contributed by atoms with van der Waals surface area (Å²) in [5, 5.41) is 7.80. The summed E-state index contributed by atoms with van der Waals surface area (Å²) in [5.74, 6) is 1.22. The number of rotatable bonds is 6. The van der Waals surface area contributed by atoms with Crippen molar-refractivity contribution in [2.75, 3.05) is 25.1 Å². The summed E-state index contributed by atoms with van der Waals surface area (Å²) in [4.78, 5) is 8.98. The van der Waals surface area contributed by atoms with E-state index in [9.17, 15) is 0 Å². The number of nitrogens with zero attached hydrogens (tertiary/aromatic N) is 4. The van der Waals surface area contributed by atoms with E-state index < -0.39 is 0 Å². The summed E-state index contributed by atoms with van der Waals surface area (Å²) in [5.41, 5.74) is 3.14. The van der Waals surface area contributed by atoms with Gasteiger partial charge in [0.1, 0.15) is 0 Å². The Kier molecular flexibility index (Phi) is 5.23. The maximum Gasteiger partial charge on any atom is 0.223 e. The van der Waals surface area contributed by atoms with Gasteiger partial charge in [0, 0.05) is 37.2 Å². The number of hydrogen-bond acceptors (Lipinski definition) is 5. The molecule has 3 heterocycles. The van der Waals surface area contributed by atoms with Gasteiger partial charge in [0.25, 0.3) is 0 Å². The molecule has 124 valence electrons. The van der Waals surface area contributed by atoms with Crippen molar-refractivity contribution in [1.29, 1.82) is 0 Å². The van der Waals surface area contributed by atoms with E-state index >= 15 is 0 Å². The Morgan fingerprint density at radius 1 is 1.43 bits per heavy atom. The second-order valence-electron chi connectivity index (χ2n) is 6.10. The average Bonchev–Trinajstić information content (AvgIpc) is 2.95.